The average Bonchev–Trinajstić information content (AvgIpc) is 2.78. The molecule has 0 N–H and O–H groups in total. The van der Waals surface area contributed by atoms with Crippen molar-refractivity contribution in [3.8, 4) is 0 Å². The molecule has 0 atom stereocenters. The predicted octanol–water partition coefficient (Wildman–Crippen LogP) is 4.10. The van der Waals surface area contributed by atoms with Crippen LogP contribution in [0.1, 0.15) is 39.9 Å². The Balaban J connectivity index is 2.28. The number of rotatable bonds is 3. The number of carbonyl (C=O) groups excluding carboxylic acids is 1. The Hall–Kier alpha value is -1.41. The highest BCUT2D eigenvalue weighted by atomic mass is 32.1. The van der Waals surface area contributed by atoms with Gasteiger partial charge in [-0.25, -0.2) is 0 Å². The predicted molar refractivity (Wildman–Crippen MR) is 68.3 cm³/mol. The number of hydrogen-bond acceptors (Lipinski definition) is 2. The molecular weight excluding hydrogens is 216 g/mol. The van der Waals surface area contributed by atoms with Crippen LogP contribution in [0.5, 0.6) is 0 Å². The zero-order chi connectivity index (χ0) is 11.5. The number of benzene rings is 1. The van der Waals surface area contributed by atoms with E-state index in [0.717, 1.165) is 10.4 Å². The lowest BCUT2D eigenvalue weighted by Gasteiger charge is -1.99. The summed E-state index contributed by atoms with van der Waals surface area (Å²) in [6.45, 7) is 4.28. The molecule has 16 heavy (non-hydrogen) atoms. The van der Waals surface area contributed by atoms with Crippen LogP contribution < -0.4 is 0 Å². The van der Waals surface area contributed by atoms with Gasteiger partial charge in [0.15, 0.2) is 0 Å². The van der Waals surface area contributed by atoms with Crippen LogP contribution in [-0.4, -0.2) is 5.78 Å². The smallest absolute Gasteiger partial charge is 0.202 e. The van der Waals surface area contributed by atoms with Crippen LogP contribution in [0.15, 0.2) is 42.5 Å². The van der Waals surface area contributed by atoms with Crippen molar-refractivity contribution in [2.24, 2.45) is 0 Å². The molecule has 0 amide bonds. The van der Waals surface area contributed by atoms with Gasteiger partial charge in [-0.15, -0.1) is 11.3 Å². The quantitative estimate of drug-likeness (QED) is 0.725. The molecule has 0 aliphatic rings. The van der Waals surface area contributed by atoms with Crippen molar-refractivity contribution in [2.75, 3.05) is 0 Å². The van der Waals surface area contributed by atoms with Gasteiger partial charge in [0.1, 0.15) is 0 Å². The molecule has 2 heteroatoms. The second-order valence-corrected chi connectivity index (χ2v) is 5.17. The van der Waals surface area contributed by atoms with Crippen molar-refractivity contribution in [1.82, 2.24) is 0 Å². The van der Waals surface area contributed by atoms with Crippen molar-refractivity contribution in [1.29, 1.82) is 0 Å². The van der Waals surface area contributed by atoms with E-state index in [9.17, 15) is 4.79 Å². The van der Waals surface area contributed by atoms with Gasteiger partial charge < -0.3 is 0 Å². The molecule has 1 aromatic carbocycles. The second kappa shape index (κ2) is 4.62. The van der Waals surface area contributed by atoms with Gasteiger partial charge in [-0.1, -0.05) is 44.2 Å². The molecule has 0 spiro atoms. The summed E-state index contributed by atoms with van der Waals surface area (Å²) in [5.41, 5.74) is 0.764. The molecule has 0 saturated carbocycles. The van der Waals surface area contributed by atoms with E-state index in [1.54, 1.807) is 11.3 Å². The van der Waals surface area contributed by atoms with E-state index in [4.69, 9.17) is 0 Å². The molecular formula is C14H14OS. The number of ketones is 1. The average molecular weight is 230 g/mol. The van der Waals surface area contributed by atoms with E-state index in [1.807, 2.05) is 42.5 Å². The van der Waals surface area contributed by atoms with E-state index in [2.05, 4.69) is 13.8 Å². The molecule has 0 radical (unpaired) electrons. The number of thiophene rings is 1. The van der Waals surface area contributed by atoms with E-state index >= 15 is 0 Å². The van der Waals surface area contributed by atoms with Gasteiger partial charge in [0.05, 0.1) is 4.88 Å². The van der Waals surface area contributed by atoms with Crippen LogP contribution in [0.2, 0.25) is 0 Å². The Morgan fingerprint density at radius 2 is 1.75 bits per heavy atom. The molecule has 1 nitrogen and oxygen atoms in total. The SMILES string of the molecule is CC(C)c1ccc(C(=O)c2ccccc2)s1. The molecule has 1 heterocycles. The second-order valence-electron chi connectivity index (χ2n) is 4.05. The summed E-state index contributed by atoms with van der Waals surface area (Å²) in [5.74, 6) is 0.611. The van der Waals surface area contributed by atoms with Gasteiger partial charge in [0, 0.05) is 10.4 Å². The Labute approximate surface area is 99.8 Å². The van der Waals surface area contributed by atoms with Crippen molar-refractivity contribution >= 4 is 17.1 Å². The van der Waals surface area contributed by atoms with E-state index in [-0.39, 0.29) is 5.78 Å². The summed E-state index contributed by atoms with van der Waals surface area (Å²) in [7, 11) is 0. The molecule has 2 rings (SSSR count). The zero-order valence-electron chi connectivity index (χ0n) is 9.44. The standard InChI is InChI=1S/C14H14OS/c1-10(2)12-8-9-13(16-12)14(15)11-6-4-3-5-7-11/h3-10H,1-2H3. The fourth-order valence-electron chi connectivity index (χ4n) is 1.52. The summed E-state index contributed by atoms with van der Waals surface area (Å²) in [6.07, 6.45) is 0. The summed E-state index contributed by atoms with van der Waals surface area (Å²) < 4.78 is 0. The number of carbonyl (C=O) groups is 1. The Morgan fingerprint density at radius 3 is 2.31 bits per heavy atom. The van der Waals surface area contributed by atoms with Gasteiger partial charge in [-0.2, -0.15) is 0 Å². The Kier molecular flexibility index (Phi) is 3.20. The highest BCUT2D eigenvalue weighted by molar-refractivity contribution is 7.14. The first-order chi connectivity index (χ1) is 7.68. The van der Waals surface area contributed by atoms with Crippen molar-refractivity contribution in [3.63, 3.8) is 0 Å². The summed E-state index contributed by atoms with van der Waals surface area (Å²) in [6, 6.07) is 13.4. The molecule has 0 unspecified atom stereocenters. The maximum Gasteiger partial charge on any atom is 0.202 e. The van der Waals surface area contributed by atoms with Crippen LogP contribution in [0.25, 0.3) is 0 Å². The monoisotopic (exact) mass is 230 g/mol. The van der Waals surface area contributed by atoms with Gasteiger partial charge in [-0.3, -0.25) is 4.79 Å². The molecule has 0 fully saturated rings. The zero-order valence-corrected chi connectivity index (χ0v) is 10.3. The minimum absolute atomic E-state index is 0.123. The van der Waals surface area contributed by atoms with Crippen molar-refractivity contribution in [2.45, 2.75) is 19.8 Å². The third-order valence-electron chi connectivity index (χ3n) is 2.46. The molecule has 1 aromatic heterocycles. The Bertz CT molecular complexity index is 482. The molecule has 0 bridgehead atoms. The van der Waals surface area contributed by atoms with Gasteiger partial charge in [-0.05, 0) is 18.1 Å². The molecule has 0 aliphatic carbocycles. The van der Waals surface area contributed by atoms with Crippen molar-refractivity contribution in [3.05, 3.63) is 57.8 Å². The largest absolute Gasteiger partial charge is 0.288 e. The third-order valence-corrected chi connectivity index (χ3v) is 3.84. The van der Waals surface area contributed by atoms with E-state index in [1.165, 1.54) is 4.88 Å². The molecule has 0 saturated heterocycles. The summed E-state index contributed by atoms with van der Waals surface area (Å²) in [5, 5.41) is 0. The topological polar surface area (TPSA) is 17.1 Å². The molecule has 0 aliphatic heterocycles. The maximum atomic E-state index is 12.1. The van der Waals surface area contributed by atoms with Crippen LogP contribution in [-0.2, 0) is 0 Å². The number of hydrogen-bond donors (Lipinski definition) is 0. The Morgan fingerprint density at radius 1 is 1.06 bits per heavy atom. The molecule has 82 valence electrons. The van der Waals surface area contributed by atoms with Crippen LogP contribution in [0.4, 0.5) is 0 Å². The van der Waals surface area contributed by atoms with E-state index in [0.29, 0.717) is 5.92 Å². The lowest BCUT2D eigenvalue weighted by Crippen LogP contribution is -1.97. The van der Waals surface area contributed by atoms with Gasteiger partial charge >= 0.3 is 0 Å². The van der Waals surface area contributed by atoms with Crippen LogP contribution in [0.3, 0.4) is 0 Å². The first-order valence-electron chi connectivity index (χ1n) is 5.38. The van der Waals surface area contributed by atoms with Gasteiger partial charge in [0.2, 0.25) is 5.78 Å². The van der Waals surface area contributed by atoms with Crippen molar-refractivity contribution < 1.29 is 4.79 Å². The minimum atomic E-state index is 0.123. The van der Waals surface area contributed by atoms with Crippen LogP contribution in [0, 0.1) is 0 Å². The van der Waals surface area contributed by atoms with E-state index < -0.39 is 0 Å². The van der Waals surface area contributed by atoms with Gasteiger partial charge in [0.25, 0.3) is 0 Å². The maximum absolute atomic E-state index is 12.1. The first-order valence-corrected chi connectivity index (χ1v) is 6.19. The third kappa shape index (κ3) is 2.22. The fraction of sp³-hybridized carbons (Fsp3) is 0.214. The molecule has 2 aromatic rings. The normalized spacial score (nSPS) is 10.7. The fourth-order valence-corrected chi connectivity index (χ4v) is 2.49. The van der Waals surface area contributed by atoms with Crippen LogP contribution >= 0.6 is 11.3 Å². The highest BCUT2D eigenvalue weighted by Crippen LogP contribution is 2.25. The summed E-state index contributed by atoms with van der Waals surface area (Å²) in [4.78, 5) is 14.2. The lowest BCUT2D eigenvalue weighted by molar-refractivity contribution is 0.104. The minimum Gasteiger partial charge on any atom is -0.288 e. The summed E-state index contributed by atoms with van der Waals surface area (Å²) >= 11 is 1.59. The lowest BCUT2D eigenvalue weighted by atomic mass is 10.1. The first kappa shape index (κ1) is 11.1. The highest BCUT2D eigenvalue weighted by Gasteiger charge is 2.12.